The summed E-state index contributed by atoms with van der Waals surface area (Å²) in [6, 6.07) is 12.1. The molecule has 0 saturated heterocycles. The average molecular weight is 294 g/mol. The number of hydrogen-bond acceptors (Lipinski definition) is 3. The molecule has 0 spiro atoms. The van der Waals surface area contributed by atoms with Crippen LogP contribution in [0.15, 0.2) is 42.6 Å². The molecular formula is C17H18N4O. The van der Waals surface area contributed by atoms with Crippen LogP contribution in [0.5, 0.6) is 0 Å². The minimum atomic E-state index is -0.0567. The molecule has 1 amide bonds. The molecule has 3 aromatic rings. The van der Waals surface area contributed by atoms with E-state index < -0.39 is 0 Å². The Kier molecular flexibility index (Phi) is 3.87. The molecule has 0 bridgehead atoms. The molecule has 0 aliphatic heterocycles. The molecule has 2 aromatic heterocycles. The van der Waals surface area contributed by atoms with Crippen LogP contribution >= 0.6 is 0 Å². The van der Waals surface area contributed by atoms with Gasteiger partial charge in [0.2, 0.25) is 5.91 Å². The third-order valence-electron chi connectivity index (χ3n) is 3.56. The first-order chi connectivity index (χ1) is 10.7. The minimum absolute atomic E-state index is 0.0567. The second-order valence-electron chi connectivity index (χ2n) is 5.12. The van der Waals surface area contributed by atoms with Gasteiger partial charge in [0.15, 0.2) is 5.65 Å². The van der Waals surface area contributed by atoms with Crippen molar-refractivity contribution in [2.75, 3.05) is 6.54 Å². The molecule has 0 saturated carbocycles. The summed E-state index contributed by atoms with van der Waals surface area (Å²) in [6.45, 7) is 4.64. The van der Waals surface area contributed by atoms with Gasteiger partial charge in [-0.3, -0.25) is 4.79 Å². The van der Waals surface area contributed by atoms with Crippen LogP contribution < -0.4 is 5.32 Å². The molecule has 5 nitrogen and oxygen atoms in total. The Morgan fingerprint density at radius 1 is 1.23 bits per heavy atom. The monoisotopic (exact) mass is 294 g/mol. The Hall–Kier alpha value is -2.69. The second-order valence-corrected chi connectivity index (χ2v) is 5.12. The van der Waals surface area contributed by atoms with E-state index in [1.54, 1.807) is 10.9 Å². The second kappa shape index (κ2) is 5.97. The fourth-order valence-electron chi connectivity index (χ4n) is 2.64. The number of nitrogens with zero attached hydrogens (tertiary/aromatic N) is 3. The summed E-state index contributed by atoms with van der Waals surface area (Å²) in [5, 5.41) is 8.28. The van der Waals surface area contributed by atoms with Crippen LogP contribution in [0.1, 0.15) is 12.6 Å². The maximum absolute atomic E-state index is 11.8. The minimum Gasteiger partial charge on any atom is -0.355 e. The predicted molar refractivity (Wildman–Crippen MR) is 86.4 cm³/mol. The topological polar surface area (TPSA) is 59.8 Å². The number of rotatable bonds is 4. The van der Waals surface area contributed by atoms with Crippen LogP contribution in [0.25, 0.3) is 22.2 Å². The fourth-order valence-corrected chi connectivity index (χ4v) is 2.64. The van der Waals surface area contributed by atoms with E-state index in [0.717, 1.165) is 27.9 Å². The van der Waals surface area contributed by atoms with Gasteiger partial charge in [0, 0.05) is 18.1 Å². The van der Waals surface area contributed by atoms with Crippen molar-refractivity contribution in [3.8, 4) is 11.1 Å². The summed E-state index contributed by atoms with van der Waals surface area (Å²) >= 11 is 0. The molecule has 0 unspecified atom stereocenters. The van der Waals surface area contributed by atoms with Crippen LogP contribution in [-0.2, 0) is 11.3 Å². The number of carbonyl (C=O) groups is 1. The summed E-state index contributed by atoms with van der Waals surface area (Å²) in [5.41, 5.74) is 3.83. The van der Waals surface area contributed by atoms with Gasteiger partial charge in [0.05, 0.1) is 5.69 Å². The van der Waals surface area contributed by atoms with E-state index in [1.807, 2.05) is 38.1 Å². The highest BCUT2D eigenvalue weighted by Crippen LogP contribution is 2.29. The Balaban J connectivity index is 2.10. The standard InChI is InChI=1S/C17H18N4O/c1-3-18-15(22)11-21-17-16(12(2)20-21)14(9-10-19-17)13-7-5-4-6-8-13/h4-10H,3,11H2,1-2H3,(H,18,22). The number of aromatic nitrogens is 3. The van der Waals surface area contributed by atoms with Gasteiger partial charge in [0.25, 0.3) is 0 Å². The molecule has 112 valence electrons. The van der Waals surface area contributed by atoms with E-state index in [-0.39, 0.29) is 12.5 Å². The smallest absolute Gasteiger partial charge is 0.241 e. The first kappa shape index (κ1) is 14.3. The maximum Gasteiger partial charge on any atom is 0.241 e. The van der Waals surface area contributed by atoms with Crippen LogP contribution in [-0.4, -0.2) is 27.2 Å². The van der Waals surface area contributed by atoms with Crippen LogP contribution in [0, 0.1) is 6.92 Å². The first-order valence-electron chi connectivity index (χ1n) is 7.35. The zero-order valence-corrected chi connectivity index (χ0v) is 12.7. The Bertz CT molecular complexity index is 808. The van der Waals surface area contributed by atoms with E-state index in [0.29, 0.717) is 6.54 Å². The third kappa shape index (κ3) is 2.57. The number of pyridine rings is 1. The van der Waals surface area contributed by atoms with Crippen molar-refractivity contribution in [1.82, 2.24) is 20.1 Å². The number of amides is 1. The molecule has 1 aromatic carbocycles. The quantitative estimate of drug-likeness (QED) is 0.804. The molecule has 22 heavy (non-hydrogen) atoms. The zero-order valence-electron chi connectivity index (χ0n) is 12.7. The van der Waals surface area contributed by atoms with E-state index in [4.69, 9.17) is 0 Å². The van der Waals surface area contributed by atoms with Crippen molar-refractivity contribution in [2.45, 2.75) is 20.4 Å². The number of fused-ring (bicyclic) bond motifs is 1. The number of benzene rings is 1. The summed E-state index contributed by atoms with van der Waals surface area (Å²) in [4.78, 5) is 16.2. The molecule has 0 radical (unpaired) electrons. The van der Waals surface area contributed by atoms with Crippen molar-refractivity contribution in [3.05, 3.63) is 48.3 Å². The lowest BCUT2D eigenvalue weighted by molar-refractivity contribution is -0.121. The van der Waals surface area contributed by atoms with Gasteiger partial charge in [-0.2, -0.15) is 5.10 Å². The Labute approximate surface area is 129 Å². The average Bonchev–Trinajstić information content (AvgIpc) is 2.85. The lowest BCUT2D eigenvalue weighted by Gasteiger charge is -2.05. The summed E-state index contributed by atoms with van der Waals surface area (Å²) in [7, 11) is 0. The van der Waals surface area contributed by atoms with Crippen molar-refractivity contribution in [1.29, 1.82) is 0 Å². The van der Waals surface area contributed by atoms with Gasteiger partial charge in [0.1, 0.15) is 6.54 Å². The lowest BCUT2D eigenvalue weighted by Crippen LogP contribution is -2.27. The number of nitrogens with one attached hydrogen (secondary N) is 1. The SMILES string of the molecule is CCNC(=O)Cn1nc(C)c2c(-c3ccccc3)ccnc21. The lowest BCUT2D eigenvalue weighted by atomic mass is 10.0. The van der Waals surface area contributed by atoms with Crippen molar-refractivity contribution < 1.29 is 4.79 Å². The van der Waals surface area contributed by atoms with E-state index in [1.165, 1.54) is 0 Å². The van der Waals surface area contributed by atoms with E-state index >= 15 is 0 Å². The summed E-state index contributed by atoms with van der Waals surface area (Å²) < 4.78 is 1.67. The van der Waals surface area contributed by atoms with E-state index in [9.17, 15) is 4.79 Å². The first-order valence-corrected chi connectivity index (χ1v) is 7.35. The van der Waals surface area contributed by atoms with Gasteiger partial charge in [-0.05, 0) is 31.0 Å². The van der Waals surface area contributed by atoms with Crippen molar-refractivity contribution in [3.63, 3.8) is 0 Å². The molecule has 1 N–H and O–H groups in total. The van der Waals surface area contributed by atoms with Crippen LogP contribution in [0.4, 0.5) is 0 Å². The molecule has 0 aliphatic rings. The largest absolute Gasteiger partial charge is 0.355 e. The van der Waals surface area contributed by atoms with Gasteiger partial charge in [-0.1, -0.05) is 30.3 Å². The highest BCUT2D eigenvalue weighted by atomic mass is 16.2. The van der Waals surface area contributed by atoms with Crippen molar-refractivity contribution in [2.24, 2.45) is 0 Å². The highest BCUT2D eigenvalue weighted by Gasteiger charge is 2.15. The Morgan fingerprint density at radius 2 is 2.00 bits per heavy atom. The molecule has 0 fully saturated rings. The number of hydrogen-bond donors (Lipinski definition) is 1. The molecule has 2 heterocycles. The molecule has 0 aliphatic carbocycles. The Morgan fingerprint density at radius 3 is 2.73 bits per heavy atom. The van der Waals surface area contributed by atoms with Gasteiger partial charge < -0.3 is 5.32 Å². The van der Waals surface area contributed by atoms with Gasteiger partial charge in [-0.15, -0.1) is 0 Å². The molecule has 5 heteroatoms. The molecule has 3 rings (SSSR count). The third-order valence-corrected chi connectivity index (χ3v) is 3.56. The normalized spacial score (nSPS) is 10.8. The number of carbonyl (C=O) groups excluding carboxylic acids is 1. The van der Waals surface area contributed by atoms with Gasteiger partial charge >= 0.3 is 0 Å². The highest BCUT2D eigenvalue weighted by molar-refractivity contribution is 5.95. The van der Waals surface area contributed by atoms with Crippen LogP contribution in [0.3, 0.4) is 0 Å². The molecular weight excluding hydrogens is 276 g/mol. The van der Waals surface area contributed by atoms with Crippen molar-refractivity contribution >= 4 is 16.9 Å². The van der Waals surface area contributed by atoms with E-state index in [2.05, 4.69) is 27.5 Å². The summed E-state index contributed by atoms with van der Waals surface area (Å²) in [6.07, 6.45) is 1.76. The predicted octanol–water partition coefficient (Wildman–Crippen LogP) is 2.54. The fraction of sp³-hybridized carbons (Fsp3) is 0.235. The number of aryl methyl sites for hydroxylation is 1. The van der Waals surface area contributed by atoms with Gasteiger partial charge in [-0.25, -0.2) is 9.67 Å². The zero-order chi connectivity index (χ0) is 15.5. The van der Waals surface area contributed by atoms with Crippen LogP contribution in [0.2, 0.25) is 0 Å². The summed E-state index contributed by atoms with van der Waals surface area (Å²) in [5.74, 6) is -0.0567. The maximum atomic E-state index is 11.8. The molecule has 0 atom stereocenters. The number of likely N-dealkylation sites (N-methyl/N-ethyl adjacent to an activating group) is 1.